The van der Waals surface area contributed by atoms with Crippen LogP contribution in [0.5, 0.6) is 0 Å². The fourth-order valence-corrected chi connectivity index (χ4v) is 5.65. The van der Waals surface area contributed by atoms with Gasteiger partial charge in [-0.25, -0.2) is 0 Å². The number of hydrogen-bond acceptors (Lipinski definition) is 9. The fraction of sp³-hybridized carbons (Fsp3) is 0.963. The van der Waals surface area contributed by atoms with Gasteiger partial charge in [0.05, 0.1) is 23.7 Å². The molecular formula is C27H54N2O7. The first kappa shape index (κ1) is 33.2. The first-order chi connectivity index (χ1) is 16.6. The van der Waals surface area contributed by atoms with Crippen LogP contribution in [0.4, 0.5) is 0 Å². The number of unbranched alkanes of at least 4 members (excludes halogenated alkanes) is 3. The van der Waals surface area contributed by atoms with Gasteiger partial charge in [0.2, 0.25) is 0 Å². The Bertz CT molecular complexity index is 660. The first-order valence-corrected chi connectivity index (χ1v) is 13.7. The van der Waals surface area contributed by atoms with Crippen molar-refractivity contribution in [2.24, 2.45) is 23.5 Å². The smallest absolute Gasteiger partial charge is 0.311 e. The van der Waals surface area contributed by atoms with Crippen LogP contribution in [0.1, 0.15) is 87.0 Å². The van der Waals surface area contributed by atoms with Gasteiger partial charge in [0.25, 0.3) is 0 Å². The third-order valence-electron chi connectivity index (χ3n) is 8.18. The van der Waals surface area contributed by atoms with E-state index in [2.05, 4.69) is 4.90 Å². The normalized spacial score (nSPS) is 42.4. The van der Waals surface area contributed by atoms with Gasteiger partial charge in [0, 0.05) is 18.5 Å². The number of hydrogen-bond donors (Lipinski definition) is 6. The van der Waals surface area contributed by atoms with Gasteiger partial charge < -0.3 is 36.0 Å². The Morgan fingerprint density at radius 3 is 2.14 bits per heavy atom. The Hall–Kier alpha value is -0.810. The van der Waals surface area contributed by atoms with Crippen molar-refractivity contribution < 1.29 is 35.1 Å². The van der Waals surface area contributed by atoms with Crippen molar-refractivity contribution in [1.82, 2.24) is 4.90 Å². The molecule has 0 aliphatic carbocycles. The standard InChI is InChI=1S/C27H54N2O7/c1-8-21-27(7,35)24(32)20(5)29(14-12-10-9-11-13-28)16-17(2)15-26(6,34)23(31)18(3)22(30)19(4)25(33)36-21/h17-24,30-32,34-35H,8-16,28H2,1-7H3/t17-,18+,19-,20-,21-,22+,23-,24-,26-,27-/m1/s1. The summed E-state index contributed by atoms with van der Waals surface area (Å²) >= 11 is 0. The summed E-state index contributed by atoms with van der Waals surface area (Å²) in [5.41, 5.74) is 2.37. The molecule has 0 radical (unpaired) electrons. The number of nitrogens with zero attached hydrogens (tertiary/aromatic N) is 1. The van der Waals surface area contributed by atoms with Crippen LogP contribution in [0.2, 0.25) is 0 Å². The summed E-state index contributed by atoms with van der Waals surface area (Å²) in [5.74, 6) is -2.60. The average Bonchev–Trinajstić information content (AvgIpc) is 2.82. The Kier molecular flexibility index (Phi) is 13.3. The molecule has 1 saturated heterocycles. The molecule has 1 rings (SSSR count). The molecule has 36 heavy (non-hydrogen) atoms. The molecule has 0 amide bonds. The lowest BCUT2D eigenvalue weighted by Gasteiger charge is -2.43. The summed E-state index contributed by atoms with van der Waals surface area (Å²) in [5, 5.41) is 55.7. The lowest BCUT2D eigenvalue weighted by molar-refractivity contribution is -0.193. The third-order valence-corrected chi connectivity index (χ3v) is 8.18. The van der Waals surface area contributed by atoms with Crippen molar-refractivity contribution in [2.45, 2.75) is 129 Å². The van der Waals surface area contributed by atoms with Gasteiger partial charge in [-0.1, -0.05) is 33.6 Å². The largest absolute Gasteiger partial charge is 0.459 e. The van der Waals surface area contributed by atoms with E-state index in [4.69, 9.17) is 10.5 Å². The fourth-order valence-electron chi connectivity index (χ4n) is 5.65. The van der Waals surface area contributed by atoms with E-state index in [1.54, 1.807) is 20.8 Å². The first-order valence-electron chi connectivity index (χ1n) is 13.7. The topological polar surface area (TPSA) is 157 Å². The molecule has 0 saturated carbocycles. The quantitative estimate of drug-likeness (QED) is 0.217. The van der Waals surface area contributed by atoms with E-state index in [9.17, 15) is 30.3 Å². The van der Waals surface area contributed by atoms with E-state index in [1.165, 1.54) is 13.8 Å². The molecule has 214 valence electrons. The van der Waals surface area contributed by atoms with Crippen LogP contribution in [0.25, 0.3) is 0 Å². The molecule has 7 N–H and O–H groups in total. The van der Waals surface area contributed by atoms with Gasteiger partial charge >= 0.3 is 5.97 Å². The summed E-state index contributed by atoms with van der Waals surface area (Å²) < 4.78 is 5.63. The second-order valence-corrected chi connectivity index (χ2v) is 11.7. The molecule has 1 aliphatic rings. The Morgan fingerprint density at radius 2 is 1.58 bits per heavy atom. The third kappa shape index (κ3) is 8.61. The number of aliphatic hydroxyl groups is 5. The Balaban J connectivity index is 3.36. The van der Waals surface area contributed by atoms with Crippen molar-refractivity contribution in [3.05, 3.63) is 0 Å². The second kappa shape index (κ2) is 14.4. The van der Waals surface area contributed by atoms with E-state index in [0.717, 1.165) is 25.7 Å². The zero-order valence-electron chi connectivity index (χ0n) is 23.6. The van der Waals surface area contributed by atoms with Crippen LogP contribution in [0.3, 0.4) is 0 Å². The molecule has 0 aromatic carbocycles. The molecule has 10 atom stereocenters. The maximum atomic E-state index is 12.9. The monoisotopic (exact) mass is 518 g/mol. The highest BCUT2D eigenvalue weighted by Gasteiger charge is 2.47. The lowest BCUT2D eigenvalue weighted by Crippen LogP contribution is -2.59. The molecule has 0 aromatic heterocycles. The van der Waals surface area contributed by atoms with E-state index >= 15 is 0 Å². The molecule has 0 unspecified atom stereocenters. The van der Waals surface area contributed by atoms with E-state index in [1.807, 2.05) is 13.8 Å². The molecule has 9 nitrogen and oxygen atoms in total. The van der Waals surface area contributed by atoms with Crippen molar-refractivity contribution in [3.63, 3.8) is 0 Å². The maximum absolute atomic E-state index is 12.9. The van der Waals surface area contributed by atoms with Crippen LogP contribution in [0.15, 0.2) is 0 Å². The van der Waals surface area contributed by atoms with Crippen molar-refractivity contribution in [3.8, 4) is 0 Å². The molecule has 1 heterocycles. The van der Waals surface area contributed by atoms with Gasteiger partial charge in [-0.05, 0) is 72.4 Å². The molecule has 1 fully saturated rings. The summed E-state index contributed by atoms with van der Waals surface area (Å²) in [6, 6.07) is -0.466. The van der Waals surface area contributed by atoms with Crippen molar-refractivity contribution in [2.75, 3.05) is 19.6 Å². The highest BCUT2D eigenvalue weighted by Crippen LogP contribution is 2.32. The Labute approximate surface area is 218 Å². The second-order valence-electron chi connectivity index (χ2n) is 11.7. The minimum atomic E-state index is -1.73. The van der Waals surface area contributed by atoms with Gasteiger partial charge in [0.15, 0.2) is 0 Å². The minimum absolute atomic E-state index is 0.0648. The molecule has 0 aromatic rings. The van der Waals surface area contributed by atoms with E-state index in [0.29, 0.717) is 19.6 Å². The highest BCUT2D eigenvalue weighted by atomic mass is 16.6. The zero-order valence-corrected chi connectivity index (χ0v) is 23.6. The Morgan fingerprint density at radius 1 is 1.00 bits per heavy atom. The molecule has 0 spiro atoms. The predicted octanol–water partition coefficient (Wildman–Crippen LogP) is 1.41. The summed E-state index contributed by atoms with van der Waals surface area (Å²) in [6.45, 7) is 13.6. The number of aliphatic hydroxyl groups excluding tert-OH is 3. The van der Waals surface area contributed by atoms with E-state index in [-0.39, 0.29) is 18.8 Å². The lowest BCUT2D eigenvalue weighted by atomic mass is 9.78. The van der Waals surface area contributed by atoms with Crippen LogP contribution in [-0.4, -0.2) is 97.7 Å². The van der Waals surface area contributed by atoms with Gasteiger partial charge in [-0.2, -0.15) is 0 Å². The van der Waals surface area contributed by atoms with Crippen LogP contribution >= 0.6 is 0 Å². The molecule has 0 bridgehead atoms. The SMILES string of the molecule is CC[C@H]1OC(=O)[C@H](C)[C@@H](O)[C@H](C)[C@@H](O)[C@](C)(O)C[C@@H](C)CN(CCCCCCN)[C@H](C)[C@@H](O)[C@]1(C)O. The zero-order chi connectivity index (χ0) is 27.8. The summed E-state index contributed by atoms with van der Waals surface area (Å²) in [4.78, 5) is 15.0. The van der Waals surface area contributed by atoms with Gasteiger partial charge in [-0.3, -0.25) is 9.69 Å². The molecule has 1 aliphatic heterocycles. The number of carbonyl (C=O) groups is 1. The predicted molar refractivity (Wildman–Crippen MR) is 140 cm³/mol. The average molecular weight is 519 g/mol. The minimum Gasteiger partial charge on any atom is -0.459 e. The number of ether oxygens (including phenoxy) is 1. The van der Waals surface area contributed by atoms with Crippen LogP contribution in [0, 0.1) is 17.8 Å². The van der Waals surface area contributed by atoms with Crippen molar-refractivity contribution >= 4 is 5.97 Å². The highest BCUT2D eigenvalue weighted by molar-refractivity contribution is 5.73. The molecule has 9 heteroatoms. The number of carbonyl (C=O) groups excluding carboxylic acids is 1. The summed E-state index contributed by atoms with van der Waals surface area (Å²) in [6.07, 6.45) is -0.381. The number of rotatable bonds is 7. The van der Waals surface area contributed by atoms with Crippen LogP contribution < -0.4 is 5.73 Å². The van der Waals surface area contributed by atoms with E-state index < -0.39 is 59.5 Å². The maximum Gasteiger partial charge on any atom is 0.311 e. The summed E-state index contributed by atoms with van der Waals surface area (Å²) in [7, 11) is 0. The number of nitrogens with two attached hydrogens (primary N) is 1. The molecular weight excluding hydrogens is 464 g/mol. The number of esters is 1. The van der Waals surface area contributed by atoms with Gasteiger partial charge in [0.1, 0.15) is 17.8 Å². The van der Waals surface area contributed by atoms with Crippen LogP contribution in [-0.2, 0) is 9.53 Å². The number of cyclic esters (lactones) is 1. The van der Waals surface area contributed by atoms with Gasteiger partial charge in [-0.15, -0.1) is 0 Å². The van der Waals surface area contributed by atoms with Crippen molar-refractivity contribution in [1.29, 1.82) is 0 Å².